The molecule has 1 aromatic rings. The van der Waals surface area contributed by atoms with Gasteiger partial charge in [-0.15, -0.1) is 0 Å². The van der Waals surface area contributed by atoms with Crippen molar-refractivity contribution in [2.45, 2.75) is 6.92 Å². The Labute approximate surface area is 85.9 Å². The van der Waals surface area contributed by atoms with Crippen LogP contribution in [0.25, 0.3) is 0 Å². The molecule has 0 aliphatic heterocycles. The molecule has 1 aromatic carbocycles. The van der Waals surface area contributed by atoms with Gasteiger partial charge < -0.3 is 0 Å². The van der Waals surface area contributed by atoms with E-state index in [0.717, 1.165) is 0 Å². The number of benzene rings is 1. The smallest absolute Gasteiger partial charge is 0.253 e. The molecule has 0 radical (unpaired) electrons. The number of nitriles is 1. The van der Waals surface area contributed by atoms with Crippen molar-refractivity contribution in [1.29, 1.82) is 5.26 Å². The van der Waals surface area contributed by atoms with Gasteiger partial charge in [-0.1, -0.05) is 0 Å². The van der Waals surface area contributed by atoms with Gasteiger partial charge in [-0.25, -0.2) is 0 Å². The summed E-state index contributed by atoms with van der Waals surface area (Å²) in [6.07, 6.45) is 0.545. The lowest BCUT2D eigenvalue weighted by molar-refractivity contribution is 0.106. The molecule has 70 valence electrons. The molecule has 0 spiro atoms. The number of halogens is 1. The number of hydrogen-bond acceptors (Lipinski definition) is 3. The lowest BCUT2D eigenvalue weighted by Crippen LogP contribution is -2.02. The minimum Gasteiger partial charge on any atom is -0.298 e. The van der Waals surface area contributed by atoms with Crippen LogP contribution in [0.2, 0.25) is 0 Å². The average Bonchev–Trinajstić information content (AvgIpc) is 2.16. The summed E-state index contributed by atoms with van der Waals surface area (Å²) in [5, 5.41) is 7.97. The van der Waals surface area contributed by atoms with E-state index in [1.807, 2.05) is 6.07 Å². The number of nitrogens with zero attached hydrogens (tertiary/aromatic N) is 1. The number of rotatable bonds is 2. The molecule has 0 saturated carbocycles. The maximum atomic E-state index is 11.0. The van der Waals surface area contributed by atoms with E-state index >= 15 is 0 Å². The standard InChI is InChI=1S/C10H6ClNO2/c1-6-7(4-12)2-3-8(5-13)9(6)10(11)14/h2-3,5H,1H3. The Balaban J connectivity index is 3.56. The zero-order chi connectivity index (χ0) is 10.7. The summed E-state index contributed by atoms with van der Waals surface area (Å²) in [5.41, 5.74) is 1.11. The van der Waals surface area contributed by atoms with E-state index in [-0.39, 0.29) is 11.1 Å². The molecule has 0 unspecified atom stereocenters. The van der Waals surface area contributed by atoms with Crippen molar-refractivity contribution < 1.29 is 9.59 Å². The van der Waals surface area contributed by atoms with Gasteiger partial charge in [0.25, 0.3) is 5.24 Å². The van der Waals surface area contributed by atoms with Crippen molar-refractivity contribution in [3.05, 3.63) is 34.4 Å². The molecule has 0 atom stereocenters. The van der Waals surface area contributed by atoms with E-state index in [4.69, 9.17) is 16.9 Å². The summed E-state index contributed by atoms with van der Waals surface area (Å²) in [5.74, 6) is 0. The molecule has 1 rings (SSSR count). The predicted molar refractivity (Wildman–Crippen MR) is 51.5 cm³/mol. The molecule has 0 saturated heterocycles. The number of carbonyl (C=O) groups is 2. The van der Waals surface area contributed by atoms with Gasteiger partial charge in [-0.3, -0.25) is 9.59 Å². The molecule has 0 fully saturated rings. The van der Waals surface area contributed by atoms with E-state index in [2.05, 4.69) is 0 Å². The second-order valence-corrected chi connectivity index (χ2v) is 3.05. The fourth-order valence-electron chi connectivity index (χ4n) is 1.21. The van der Waals surface area contributed by atoms with Crippen molar-refractivity contribution >= 4 is 23.1 Å². The molecule has 0 aliphatic rings. The predicted octanol–water partition coefficient (Wildman–Crippen LogP) is 2.06. The highest BCUT2D eigenvalue weighted by Crippen LogP contribution is 2.18. The SMILES string of the molecule is Cc1c(C#N)ccc(C=O)c1C(=O)Cl. The lowest BCUT2D eigenvalue weighted by Gasteiger charge is -2.04. The van der Waals surface area contributed by atoms with Gasteiger partial charge in [-0.05, 0) is 36.2 Å². The van der Waals surface area contributed by atoms with Gasteiger partial charge >= 0.3 is 0 Å². The van der Waals surface area contributed by atoms with Crippen LogP contribution in [0.1, 0.15) is 31.8 Å². The largest absolute Gasteiger partial charge is 0.298 e. The van der Waals surface area contributed by atoms with Crippen LogP contribution in [0.3, 0.4) is 0 Å². The molecule has 0 aromatic heterocycles. The zero-order valence-corrected chi connectivity index (χ0v) is 8.13. The van der Waals surface area contributed by atoms with Gasteiger partial charge in [-0.2, -0.15) is 5.26 Å². The van der Waals surface area contributed by atoms with Gasteiger partial charge in [0.1, 0.15) is 0 Å². The Morgan fingerprint density at radius 1 is 1.57 bits per heavy atom. The topological polar surface area (TPSA) is 57.9 Å². The molecular weight excluding hydrogens is 202 g/mol. The van der Waals surface area contributed by atoms with Crippen molar-refractivity contribution in [2.24, 2.45) is 0 Å². The molecule has 0 heterocycles. The second kappa shape index (κ2) is 4.03. The van der Waals surface area contributed by atoms with Crippen molar-refractivity contribution in [3.8, 4) is 6.07 Å². The Kier molecular flexibility index (Phi) is 3.00. The zero-order valence-electron chi connectivity index (χ0n) is 7.37. The number of aldehydes is 1. The van der Waals surface area contributed by atoms with E-state index in [1.54, 1.807) is 6.92 Å². The normalized spacial score (nSPS) is 9.21. The summed E-state index contributed by atoms with van der Waals surface area (Å²) in [7, 11) is 0. The lowest BCUT2D eigenvalue weighted by atomic mass is 9.99. The number of hydrogen-bond donors (Lipinski definition) is 0. The highest BCUT2D eigenvalue weighted by molar-refractivity contribution is 6.68. The number of carbonyl (C=O) groups excluding carboxylic acids is 2. The Hall–Kier alpha value is -1.66. The molecule has 0 amide bonds. The second-order valence-electron chi connectivity index (χ2n) is 2.71. The summed E-state index contributed by atoms with van der Waals surface area (Å²) in [4.78, 5) is 21.6. The maximum Gasteiger partial charge on any atom is 0.253 e. The Morgan fingerprint density at radius 3 is 2.64 bits per heavy atom. The van der Waals surface area contributed by atoms with E-state index < -0.39 is 5.24 Å². The van der Waals surface area contributed by atoms with Crippen molar-refractivity contribution in [3.63, 3.8) is 0 Å². The van der Waals surface area contributed by atoms with Gasteiger partial charge in [0.2, 0.25) is 0 Å². The first kappa shape index (κ1) is 10.4. The average molecular weight is 208 g/mol. The molecule has 4 heteroatoms. The summed E-state index contributed by atoms with van der Waals surface area (Å²) >= 11 is 5.31. The van der Waals surface area contributed by atoms with Gasteiger partial charge in [0, 0.05) is 11.1 Å². The van der Waals surface area contributed by atoms with Gasteiger partial charge in [0.15, 0.2) is 6.29 Å². The fourth-order valence-corrected chi connectivity index (χ4v) is 1.46. The van der Waals surface area contributed by atoms with Crippen LogP contribution < -0.4 is 0 Å². The molecule has 3 nitrogen and oxygen atoms in total. The summed E-state index contributed by atoms with van der Waals surface area (Å²) < 4.78 is 0. The molecule has 0 bridgehead atoms. The quantitative estimate of drug-likeness (QED) is 0.551. The first-order chi connectivity index (χ1) is 6.61. The summed E-state index contributed by atoms with van der Waals surface area (Å²) in [6.45, 7) is 1.58. The molecular formula is C10H6ClNO2. The maximum absolute atomic E-state index is 11.0. The summed E-state index contributed by atoms with van der Waals surface area (Å²) in [6, 6.07) is 4.81. The van der Waals surface area contributed by atoms with Crippen LogP contribution in [0, 0.1) is 18.3 Å². The first-order valence-corrected chi connectivity index (χ1v) is 4.18. The highest BCUT2D eigenvalue weighted by Gasteiger charge is 2.14. The first-order valence-electron chi connectivity index (χ1n) is 3.80. The van der Waals surface area contributed by atoms with Crippen LogP contribution >= 0.6 is 11.6 Å². The van der Waals surface area contributed by atoms with Crippen LogP contribution in [0.4, 0.5) is 0 Å². The molecule has 0 aliphatic carbocycles. The monoisotopic (exact) mass is 207 g/mol. The van der Waals surface area contributed by atoms with E-state index in [0.29, 0.717) is 17.4 Å². The van der Waals surface area contributed by atoms with Crippen LogP contribution in [0.5, 0.6) is 0 Å². The third-order valence-corrected chi connectivity index (χ3v) is 2.13. The van der Waals surface area contributed by atoms with Crippen molar-refractivity contribution in [2.75, 3.05) is 0 Å². The minimum atomic E-state index is -0.721. The third-order valence-electron chi connectivity index (χ3n) is 1.94. The fraction of sp³-hybridized carbons (Fsp3) is 0.100. The minimum absolute atomic E-state index is 0.112. The molecule has 14 heavy (non-hydrogen) atoms. The Morgan fingerprint density at radius 2 is 2.21 bits per heavy atom. The highest BCUT2D eigenvalue weighted by atomic mass is 35.5. The Bertz CT molecular complexity index is 446. The van der Waals surface area contributed by atoms with Crippen LogP contribution in [-0.2, 0) is 0 Å². The van der Waals surface area contributed by atoms with Gasteiger partial charge in [0.05, 0.1) is 11.6 Å². The van der Waals surface area contributed by atoms with E-state index in [1.165, 1.54) is 12.1 Å². The van der Waals surface area contributed by atoms with Crippen LogP contribution in [0.15, 0.2) is 12.1 Å². The van der Waals surface area contributed by atoms with Crippen LogP contribution in [-0.4, -0.2) is 11.5 Å². The van der Waals surface area contributed by atoms with E-state index in [9.17, 15) is 9.59 Å². The van der Waals surface area contributed by atoms with Crippen molar-refractivity contribution in [1.82, 2.24) is 0 Å². The molecule has 0 N–H and O–H groups in total. The third kappa shape index (κ3) is 1.66.